The molecule has 1 fully saturated rings. The fourth-order valence-corrected chi connectivity index (χ4v) is 3.18. The Labute approximate surface area is 130 Å². The third-order valence-corrected chi connectivity index (χ3v) is 5.36. The van der Waals surface area contributed by atoms with Gasteiger partial charge in [-0.2, -0.15) is 0 Å². The highest BCUT2D eigenvalue weighted by Crippen LogP contribution is 2.35. The van der Waals surface area contributed by atoms with E-state index in [-0.39, 0.29) is 22.0 Å². The molecule has 1 aromatic heterocycles. The summed E-state index contributed by atoms with van der Waals surface area (Å²) < 4.78 is 1.33. The summed E-state index contributed by atoms with van der Waals surface area (Å²) in [4.78, 5) is 27.6. The van der Waals surface area contributed by atoms with E-state index in [1.807, 2.05) is 0 Å². The Morgan fingerprint density at radius 2 is 1.86 bits per heavy atom. The van der Waals surface area contributed by atoms with Crippen molar-refractivity contribution in [3.63, 3.8) is 0 Å². The Balaban J connectivity index is 2.49. The van der Waals surface area contributed by atoms with Crippen molar-refractivity contribution in [1.29, 1.82) is 0 Å². The summed E-state index contributed by atoms with van der Waals surface area (Å²) in [5.41, 5.74) is -0.129. The Morgan fingerprint density at radius 1 is 1.29 bits per heavy atom. The lowest BCUT2D eigenvalue weighted by Crippen LogP contribution is -2.42. The number of aromatic nitrogens is 2. The molecule has 1 heterocycles. The lowest BCUT2D eigenvalue weighted by molar-refractivity contribution is 0.203. The van der Waals surface area contributed by atoms with Gasteiger partial charge in [-0.1, -0.05) is 52.1 Å². The van der Waals surface area contributed by atoms with Crippen LogP contribution >= 0.6 is 11.6 Å². The second-order valence-electron chi connectivity index (χ2n) is 7.17. The monoisotopic (exact) mass is 312 g/mol. The largest absolute Gasteiger partial charge is 0.329 e. The second-order valence-corrected chi connectivity index (χ2v) is 7.55. The minimum absolute atomic E-state index is 0.127. The minimum atomic E-state index is -0.402. The number of H-pyrrole nitrogens is 1. The molecule has 0 unspecified atom stereocenters. The lowest BCUT2D eigenvalue weighted by Gasteiger charge is -2.29. The van der Waals surface area contributed by atoms with Gasteiger partial charge in [0, 0.05) is 6.54 Å². The zero-order chi connectivity index (χ0) is 15.8. The van der Waals surface area contributed by atoms with Crippen LogP contribution < -0.4 is 11.2 Å². The first kappa shape index (κ1) is 16.3. The molecule has 1 aliphatic carbocycles. The van der Waals surface area contributed by atoms with Gasteiger partial charge in [0.15, 0.2) is 0 Å². The van der Waals surface area contributed by atoms with Gasteiger partial charge in [0.2, 0.25) is 0 Å². The molecular weight excluding hydrogens is 288 g/mol. The maximum Gasteiger partial charge on any atom is 0.329 e. The molecule has 21 heavy (non-hydrogen) atoms. The van der Waals surface area contributed by atoms with Crippen molar-refractivity contribution >= 4 is 11.6 Å². The van der Waals surface area contributed by atoms with Crippen molar-refractivity contribution < 1.29 is 0 Å². The van der Waals surface area contributed by atoms with Gasteiger partial charge in [-0.15, -0.1) is 0 Å². The topological polar surface area (TPSA) is 54.9 Å². The summed E-state index contributed by atoms with van der Waals surface area (Å²) in [5.74, 6) is 0.560. The Hall–Kier alpha value is -1.03. The van der Waals surface area contributed by atoms with Crippen molar-refractivity contribution in [2.45, 2.75) is 65.8 Å². The number of aromatic amines is 1. The van der Waals surface area contributed by atoms with Crippen molar-refractivity contribution in [3.8, 4) is 0 Å². The maximum absolute atomic E-state index is 12.8. The molecule has 0 saturated heterocycles. The molecule has 0 atom stereocenters. The van der Waals surface area contributed by atoms with Gasteiger partial charge in [0.25, 0.3) is 5.56 Å². The van der Waals surface area contributed by atoms with Gasteiger partial charge < -0.3 is 0 Å². The number of hydrogen-bond acceptors (Lipinski definition) is 2. The SMILES string of the molecule is CC(C)C(C)(C)Cn1c(=O)[nH]c(Cl)c(C2CCCC2)c1=O. The van der Waals surface area contributed by atoms with Crippen LogP contribution in [0.15, 0.2) is 9.59 Å². The third kappa shape index (κ3) is 3.25. The van der Waals surface area contributed by atoms with Crippen molar-refractivity contribution in [3.05, 3.63) is 31.6 Å². The van der Waals surface area contributed by atoms with Crippen LogP contribution in [-0.4, -0.2) is 9.55 Å². The minimum Gasteiger partial charge on any atom is -0.297 e. The Morgan fingerprint density at radius 3 is 2.38 bits per heavy atom. The molecule has 0 amide bonds. The van der Waals surface area contributed by atoms with Crippen LogP contribution in [0.2, 0.25) is 5.15 Å². The van der Waals surface area contributed by atoms with Gasteiger partial charge >= 0.3 is 5.69 Å². The van der Waals surface area contributed by atoms with Crippen molar-refractivity contribution in [2.75, 3.05) is 0 Å². The average molecular weight is 313 g/mol. The summed E-state index contributed by atoms with van der Waals surface area (Å²) in [5, 5.41) is 0.232. The molecule has 2 rings (SSSR count). The van der Waals surface area contributed by atoms with Gasteiger partial charge in [0.05, 0.1) is 5.56 Å². The zero-order valence-corrected chi connectivity index (χ0v) is 14.1. The van der Waals surface area contributed by atoms with E-state index in [4.69, 9.17) is 11.6 Å². The predicted octanol–water partition coefficient (Wildman–Crippen LogP) is 3.53. The standard InChI is InChI=1S/C16H25ClN2O2/c1-10(2)16(3,4)9-19-14(20)12(11-7-5-6-8-11)13(17)18-15(19)21/h10-11H,5-9H2,1-4H3,(H,18,21). The Kier molecular flexibility index (Phi) is 4.66. The van der Waals surface area contributed by atoms with Crippen LogP contribution in [-0.2, 0) is 6.54 Å². The van der Waals surface area contributed by atoms with Crippen molar-refractivity contribution in [1.82, 2.24) is 9.55 Å². The number of nitrogens with one attached hydrogen (secondary N) is 1. The number of hydrogen-bond donors (Lipinski definition) is 1. The van der Waals surface area contributed by atoms with E-state index in [0.717, 1.165) is 25.7 Å². The van der Waals surface area contributed by atoms with Gasteiger partial charge in [-0.3, -0.25) is 14.3 Å². The molecular formula is C16H25ClN2O2. The Bertz CT molecular complexity index is 622. The molecule has 0 spiro atoms. The summed E-state index contributed by atoms with van der Waals surface area (Å²) in [6, 6.07) is 0. The van der Waals surface area contributed by atoms with Gasteiger partial charge in [-0.05, 0) is 30.1 Å². The summed E-state index contributed by atoms with van der Waals surface area (Å²) in [6.07, 6.45) is 4.21. The van der Waals surface area contributed by atoms with E-state index in [1.165, 1.54) is 4.57 Å². The predicted molar refractivity (Wildman–Crippen MR) is 86.2 cm³/mol. The molecule has 0 aromatic carbocycles. The van der Waals surface area contributed by atoms with E-state index in [1.54, 1.807) is 0 Å². The highest BCUT2D eigenvalue weighted by atomic mass is 35.5. The van der Waals surface area contributed by atoms with Crippen LogP contribution in [0, 0.1) is 11.3 Å². The van der Waals surface area contributed by atoms with E-state index in [2.05, 4.69) is 32.7 Å². The van der Waals surface area contributed by atoms with Crippen LogP contribution in [0.4, 0.5) is 0 Å². The van der Waals surface area contributed by atoms with Crippen molar-refractivity contribution in [2.24, 2.45) is 11.3 Å². The van der Waals surface area contributed by atoms with E-state index < -0.39 is 5.69 Å². The fourth-order valence-electron chi connectivity index (χ4n) is 2.86. The van der Waals surface area contributed by atoms with Crippen LogP contribution in [0.1, 0.15) is 64.9 Å². The quantitative estimate of drug-likeness (QED) is 0.865. The summed E-state index contributed by atoms with van der Waals surface area (Å²) >= 11 is 6.15. The number of rotatable bonds is 4. The zero-order valence-electron chi connectivity index (χ0n) is 13.3. The third-order valence-electron chi connectivity index (χ3n) is 5.07. The summed E-state index contributed by atoms with van der Waals surface area (Å²) in [7, 11) is 0. The molecule has 5 heteroatoms. The first-order valence-electron chi connectivity index (χ1n) is 7.76. The molecule has 1 saturated carbocycles. The van der Waals surface area contributed by atoms with E-state index in [9.17, 15) is 9.59 Å². The highest BCUT2D eigenvalue weighted by Gasteiger charge is 2.28. The highest BCUT2D eigenvalue weighted by molar-refractivity contribution is 6.30. The van der Waals surface area contributed by atoms with Crippen LogP contribution in [0.3, 0.4) is 0 Å². The molecule has 1 N–H and O–H groups in total. The van der Waals surface area contributed by atoms with Gasteiger partial charge in [-0.25, -0.2) is 4.79 Å². The van der Waals surface area contributed by atoms with E-state index in [0.29, 0.717) is 18.0 Å². The molecule has 118 valence electrons. The molecule has 1 aromatic rings. The molecule has 4 nitrogen and oxygen atoms in total. The molecule has 1 aliphatic rings. The maximum atomic E-state index is 12.8. The first-order valence-corrected chi connectivity index (χ1v) is 8.14. The second kappa shape index (κ2) is 5.99. The summed E-state index contributed by atoms with van der Waals surface area (Å²) in [6.45, 7) is 8.77. The molecule has 0 radical (unpaired) electrons. The van der Waals surface area contributed by atoms with E-state index >= 15 is 0 Å². The number of nitrogens with zero attached hydrogens (tertiary/aromatic N) is 1. The van der Waals surface area contributed by atoms with Gasteiger partial charge in [0.1, 0.15) is 5.15 Å². The average Bonchev–Trinajstić information content (AvgIpc) is 2.88. The number of halogens is 1. The van der Waals surface area contributed by atoms with Crippen LogP contribution in [0.5, 0.6) is 0 Å². The fraction of sp³-hybridized carbons (Fsp3) is 0.750. The normalized spacial score (nSPS) is 16.9. The van der Waals surface area contributed by atoms with Crippen LogP contribution in [0.25, 0.3) is 0 Å². The lowest BCUT2D eigenvalue weighted by atomic mass is 9.81. The molecule has 0 bridgehead atoms. The first-order chi connectivity index (χ1) is 9.74. The smallest absolute Gasteiger partial charge is 0.297 e. The molecule has 0 aliphatic heterocycles.